The van der Waals surface area contributed by atoms with Crippen molar-refractivity contribution in [3.63, 3.8) is 0 Å². The van der Waals surface area contributed by atoms with E-state index in [1.54, 1.807) is 18.2 Å². The number of carboxylic acid groups (broad SMARTS) is 2. The van der Waals surface area contributed by atoms with E-state index in [2.05, 4.69) is 6.58 Å². The zero-order chi connectivity index (χ0) is 20.4. The van der Waals surface area contributed by atoms with Crippen molar-refractivity contribution < 1.29 is 24.2 Å². The molecule has 2 aromatic rings. The SMILES string of the molecule is C=CCC(N)c1ccccc1-c1ccc(Cl)c(F)c1.O=C(O)/C=C/C(=O)O. The smallest absolute Gasteiger partial charge is 0.328 e. The normalized spacial score (nSPS) is 11.4. The molecule has 0 aromatic heterocycles. The van der Waals surface area contributed by atoms with E-state index in [0.717, 1.165) is 16.7 Å². The molecule has 2 rings (SSSR count). The maximum absolute atomic E-state index is 13.6. The number of carbonyl (C=O) groups is 2. The molecule has 0 aliphatic carbocycles. The number of aliphatic carboxylic acids is 2. The number of halogens is 2. The molecule has 0 bridgehead atoms. The molecule has 7 heteroatoms. The van der Waals surface area contributed by atoms with Gasteiger partial charge < -0.3 is 15.9 Å². The Kier molecular flexibility index (Phi) is 8.92. The van der Waals surface area contributed by atoms with Crippen LogP contribution in [0.15, 0.2) is 67.3 Å². The average molecular weight is 392 g/mol. The minimum absolute atomic E-state index is 0.122. The fourth-order valence-corrected chi connectivity index (χ4v) is 2.31. The van der Waals surface area contributed by atoms with Crippen LogP contribution in [0, 0.1) is 5.82 Å². The lowest BCUT2D eigenvalue weighted by molar-refractivity contribution is -0.134. The zero-order valence-corrected chi connectivity index (χ0v) is 15.1. The summed E-state index contributed by atoms with van der Waals surface area (Å²) >= 11 is 5.71. The lowest BCUT2D eigenvalue weighted by atomic mass is 9.94. The van der Waals surface area contributed by atoms with E-state index in [1.807, 2.05) is 24.3 Å². The molecule has 0 saturated heterocycles. The van der Waals surface area contributed by atoms with Gasteiger partial charge in [0.2, 0.25) is 0 Å². The van der Waals surface area contributed by atoms with Crippen LogP contribution >= 0.6 is 11.6 Å². The first-order valence-corrected chi connectivity index (χ1v) is 8.18. The van der Waals surface area contributed by atoms with E-state index < -0.39 is 17.8 Å². The predicted molar refractivity (Wildman–Crippen MR) is 103 cm³/mol. The largest absolute Gasteiger partial charge is 0.478 e. The summed E-state index contributed by atoms with van der Waals surface area (Å²) < 4.78 is 13.6. The Hall–Kier alpha value is -2.96. The maximum atomic E-state index is 13.6. The fraction of sp³-hybridized carbons (Fsp3) is 0.100. The van der Waals surface area contributed by atoms with Gasteiger partial charge in [-0.05, 0) is 35.2 Å². The molecule has 0 aliphatic rings. The van der Waals surface area contributed by atoms with Crippen molar-refractivity contribution in [2.24, 2.45) is 5.73 Å². The summed E-state index contributed by atoms with van der Waals surface area (Å²) in [4.78, 5) is 19.1. The molecule has 1 unspecified atom stereocenters. The van der Waals surface area contributed by atoms with Crippen molar-refractivity contribution in [2.75, 3.05) is 0 Å². The second kappa shape index (κ2) is 10.9. The van der Waals surface area contributed by atoms with E-state index in [0.29, 0.717) is 18.6 Å². The molecular formula is C20H19ClFNO4. The molecule has 0 saturated carbocycles. The molecule has 0 aliphatic heterocycles. The first-order valence-electron chi connectivity index (χ1n) is 7.81. The quantitative estimate of drug-likeness (QED) is 0.499. The number of carboxylic acids is 2. The van der Waals surface area contributed by atoms with E-state index in [-0.39, 0.29) is 11.1 Å². The van der Waals surface area contributed by atoms with Gasteiger partial charge in [0.05, 0.1) is 5.02 Å². The van der Waals surface area contributed by atoms with Crippen molar-refractivity contribution in [1.82, 2.24) is 0 Å². The van der Waals surface area contributed by atoms with Crippen molar-refractivity contribution in [1.29, 1.82) is 0 Å². The molecule has 0 spiro atoms. The van der Waals surface area contributed by atoms with Gasteiger partial charge in [0.1, 0.15) is 5.82 Å². The van der Waals surface area contributed by atoms with Crippen molar-refractivity contribution >= 4 is 23.5 Å². The molecule has 142 valence electrons. The molecule has 2 aromatic carbocycles. The number of hydrogen-bond donors (Lipinski definition) is 3. The Bertz CT molecular complexity index is 836. The minimum atomic E-state index is -1.26. The van der Waals surface area contributed by atoms with Crippen LogP contribution in [-0.4, -0.2) is 22.2 Å². The molecule has 5 nitrogen and oxygen atoms in total. The molecular weight excluding hydrogens is 373 g/mol. The molecule has 0 fully saturated rings. The first kappa shape index (κ1) is 22.1. The van der Waals surface area contributed by atoms with Gasteiger partial charge in [-0.25, -0.2) is 14.0 Å². The van der Waals surface area contributed by atoms with E-state index in [4.69, 9.17) is 27.5 Å². The molecule has 4 N–H and O–H groups in total. The summed E-state index contributed by atoms with van der Waals surface area (Å²) in [6.07, 6.45) is 3.57. The standard InChI is InChI=1S/C16H15ClFN.C4H4O4/c1-2-5-16(19)13-7-4-3-6-12(13)11-8-9-14(17)15(18)10-11;5-3(6)1-2-4(7)8/h2-4,6-10,16H,1,5,19H2;1-2H,(H,5,6)(H,7,8)/b;2-1+. The number of benzene rings is 2. The van der Waals surface area contributed by atoms with Crippen LogP contribution in [0.25, 0.3) is 11.1 Å². The summed E-state index contributed by atoms with van der Waals surface area (Å²) in [6.45, 7) is 3.70. The lowest BCUT2D eigenvalue weighted by Gasteiger charge is -2.15. The third-order valence-corrected chi connectivity index (χ3v) is 3.69. The highest BCUT2D eigenvalue weighted by atomic mass is 35.5. The topological polar surface area (TPSA) is 101 Å². The Morgan fingerprint density at radius 2 is 1.74 bits per heavy atom. The number of rotatable bonds is 6. The van der Waals surface area contributed by atoms with Crippen LogP contribution in [0.4, 0.5) is 4.39 Å². The predicted octanol–water partition coefficient (Wildman–Crippen LogP) is 4.43. The molecule has 0 radical (unpaired) electrons. The van der Waals surface area contributed by atoms with E-state index in [1.165, 1.54) is 6.07 Å². The Morgan fingerprint density at radius 1 is 1.15 bits per heavy atom. The first-order chi connectivity index (χ1) is 12.8. The Balaban J connectivity index is 0.000000387. The Labute approximate surface area is 161 Å². The van der Waals surface area contributed by atoms with E-state index in [9.17, 15) is 14.0 Å². The van der Waals surface area contributed by atoms with Crippen LogP contribution in [0.5, 0.6) is 0 Å². The summed E-state index contributed by atoms with van der Waals surface area (Å²) in [5, 5.41) is 15.7. The van der Waals surface area contributed by atoms with E-state index >= 15 is 0 Å². The Morgan fingerprint density at radius 3 is 2.26 bits per heavy atom. The minimum Gasteiger partial charge on any atom is -0.478 e. The van der Waals surface area contributed by atoms with Gasteiger partial charge in [0, 0.05) is 18.2 Å². The third kappa shape index (κ3) is 7.43. The van der Waals surface area contributed by atoms with Gasteiger partial charge in [-0.15, -0.1) is 6.58 Å². The van der Waals surface area contributed by atoms with Crippen molar-refractivity contribution in [2.45, 2.75) is 12.5 Å². The summed E-state index contributed by atoms with van der Waals surface area (Å²) in [7, 11) is 0. The van der Waals surface area contributed by atoms with Crippen LogP contribution < -0.4 is 5.73 Å². The summed E-state index contributed by atoms with van der Waals surface area (Å²) in [5.41, 5.74) is 8.80. The fourth-order valence-electron chi connectivity index (χ4n) is 2.20. The van der Waals surface area contributed by atoms with Crippen molar-refractivity contribution in [3.05, 3.63) is 83.7 Å². The van der Waals surface area contributed by atoms with Crippen LogP contribution in [0.2, 0.25) is 5.02 Å². The summed E-state index contributed by atoms with van der Waals surface area (Å²) in [6, 6.07) is 12.4. The number of nitrogens with two attached hydrogens (primary N) is 1. The second-order valence-corrected chi connectivity index (χ2v) is 5.76. The van der Waals surface area contributed by atoms with Crippen LogP contribution in [-0.2, 0) is 9.59 Å². The van der Waals surface area contributed by atoms with Crippen LogP contribution in [0.3, 0.4) is 0 Å². The highest BCUT2D eigenvalue weighted by molar-refractivity contribution is 6.30. The van der Waals surface area contributed by atoms with Gasteiger partial charge >= 0.3 is 11.9 Å². The van der Waals surface area contributed by atoms with Gasteiger partial charge in [-0.1, -0.05) is 48.0 Å². The number of hydrogen-bond acceptors (Lipinski definition) is 3. The monoisotopic (exact) mass is 391 g/mol. The highest BCUT2D eigenvalue weighted by Gasteiger charge is 2.12. The van der Waals surface area contributed by atoms with Crippen molar-refractivity contribution in [3.8, 4) is 11.1 Å². The zero-order valence-electron chi connectivity index (χ0n) is 14.3. The molecule has 0 amide bonds. The summed E-state index contributed by atoms with van der Waals surface area (Å²) in [5.74, 6) is -2.94. The van der Waals surface area contributed by atoms with Gasteiger partial charge in [-0.3, -0.25) is 0 Å². The molecule has 27 heavy (non-hydrogen) atoms. The van der Waals surface area contributed by atoms with Gasteiger partial charge in [0.25, 0.3) is 0 Å². The van der Waals surface area contributed by atoms with Crippen LogP contribution in [0.1, 0.15) is 18.0 Å². The van der Waals surface area contributed by atoms with Gasteiger partial charge in [-0.2, -0.15) is 0 Å². The highest BCUT2D eigenvalue weighted by Crippen LogP contribution is 2.30. The average Bonchev–Trinajstić information content (AvgIpc) is 2.63. The molecule has 0 heterocycles. The second-order valence-electron chi connectivity index (χ2n) is 5.36. The maximum Gasteiger partial charge on any atom is 0.328 e. The third-order valence-electron chi connectivity index (χ3n) is 3.38. The van der Waals surface area contributed by atoms with Gasteiger partial charge in [0.15, 0.2) is 0 Å². The lowest BCUT2D eigenvalue weighted by Crippen LogP contribution is -2.10. The molecule has 1 atom stereocenters.